The second-order valence-corrected chi connectivity index (χ2v) is 6.82. The van der Waals surface area contributed by atoms with Crippen LogP contribution in [-0.2, 0) is 6.42 Å². The lowest BCUT2D eigenvalue weighted by molar-refractivity contribution is 0.0947. The molecule has 0 amide bonds. The lowest BCUT2D eigenvalue weighted by Gasteiger charge is -2.20. The van der Waals surface area contributed by atoms with Crippen LogP contribution in [0.4, 0.5) is 0 Å². The Kier molecular flexibility index (Phi) is 3.02. The van der Waals surface area contributed by atoms with Crippen LogP contribution < -0.4 is 0 Å². The van der Waals surface area contributed by atoms with Crippen molar-refractivity contribution in [2.45, 2.75) is 54.9 Å². The third kappa shape index (κ3) is 1.67. The van der Waals surface area contributed by atoms with E-state index < -0.39 is 0 Å². The summed E-state index contributed by atoms with van der Waals surface area (Å²) in [6.45, 7) is 15.2. The molecule has 0 N–H and O–H groups in total. The van der Waals surface area contributed by atoms with E-state index in [0.29, 0.717) is 5.78 Å². The second-order valence-electron chi connectivity index (χ2n) is 6.82. The van der Waals surface area contributed by atoms with E-state index in [1.54, 1.807) is 0 Å². The summed E-state index contributed by atoms with van der Waals surface area (Å²) in [6, 6.07) is 0. The van der Waals surface area contributed by atoms with Crippen LogP contribution in [0.2, 0.25) is 0 Å². The van der Waals surface area contributed by atoms with Crippen molar-refractivity contribution in [3.63, 3.8) is 0 Å². The zero-order valence-electron chi connectivity index (χ0n) is 14.2. The Morgan fingerprint density at radius 1 is 0.714 bits per heavy atom. The average molecular weight is 280 g/mol. The molecular formula is C20H24O. The van der Waals surface area contributed by atoms with Crippen LogP contribution in [-0.4, -0.2) is 5.78 Å². The Hall–Kier alpha value is -1.63. The van der Waals surface area contributed by atoms with Crippen LogP contribution in [0.5, 0.6) is 0 Å². The summed E-state index contributed by atoms with van der Waals surface area (Å²) in [7, 11) is 0. The zero-order chi connectivity index (χ0) is 15.6. The fraction of sp³-hybridized carbons (Fsp3) is 0.450. The monoisotopic (exact) mass is 280 g/mol. The van der Waals surface area contributed by atoms with Crippen molar-refractivity contribution >= 4 is 16.6 Å². The summed E-state index contributed by atoms with van der Waals surface area (Å²) in [5.41, 5.74) is 10.3. The molecule has 0 radical (unpaired) electrons. The molecule has 0 aromatic heterocycles. The molecule has 1 atom stereocenters. The average Bonchev–Trinajstić information content (AvgIpc) is 2.74. The Balaban J connectivity index is 2.65. The van der Waals surface area contributed by atoms with Crippen molar-refractivity contribution in [1.29, 1.82) is 0 Å². The first kappa shape index (κ1) is 14.3. The van der Waals surface area contributed by atoms with E-state index in [9.17, 15) is 4.79 Å². The predicted octanol–water partition coefficient (Wildman–Crippen LogP) is 5.07. The Morgan fingerprint density at radius 3 is 1.76 bits per heavy atom. The van der Waals surface area contributed by atoms with Gasteiger partial charge >= 0.3 is 0 Å². The molecular weight excluding hydrogens is 256 g/mol. The number of Topliss-reactive ketones (excluding diaryl/α,β-unsaturated/α-hetero) is 1. The maximum atomic E-state index is 12.7. The molecule has 0 saturated carbocycles. The molecule has 0 aliphatic heterocycles. The van der Waals surface area contributed by atoms with Crippen LogP contribution in [0.25, 0.3) is 10.8 Å². The van der Waals surface area contributed by atoms with E-state index in [-0.39, 0.29) is 5.92 Å². The maximum absolute atomic E-state index is 12.7. The zero-order valence-corrected chi connectivity index (χ0v) is 14.2. The summed E-state index contributed by atoms with van der Waals surface area (Å²) in [6.07, 6.45) is 0.905. The molecule has 2 aromatic carbocycles. The second kappa shape index (κ2) is 4.43. The van der Waals surface area contributed by atoms with E-state index in [2.05, 4.69) is 48.5 Å². The van der Waals surface area contributed by atoms with Crippen LogP contribution in [0.1, 0.15) is 56.2 Å². The third-order valence-electron chi connectivity index (χ3n) is 5.83. The van der Waals surface area contributed by atoms with Crippen molar-refractivity contribution in [3.8, 4) is 0 Å². The van der Waals surface area contributed by atoms with Crippen molar-refractivity contribution < 1.29 is 4.79 Å². The molecule has 0 saturated heterocycles. The molecule has 110 valence electrons. The Labute approximate surface area is 127 Å². The summed E-state index contributed by atoms with van der Waals surface area (Å²) >= 11 is 0. The first-order chi connectivity index (χ1) is 9.77. The summed E-state index contributed by atoms with van der Waals surface area (Å²) in [5.74, 6) is 0.467. The van der Waals surface area contributed by atoms with Gasteiger partial charge in [-0.05, 0) is 97.7 Å². The van der Waals surface area contributed by atoms with Gasteiger partial charge in [0.2, 0.25) is 0 Å². The summed E-state index contributed by atoms with van der Waals surface area (Å²) in [4.78, 5) is 12.7. The quantitative estimate of drug-likeness (QED) is 0.659. The van der Waals surface area contributed by atoms with Gasteiger partial charge in [-0.2, -0.15) is 0 Å². The van der Waals surface area contributed by atoms with Crippen LogP contribution >= 0.6 is 0 Å². The van der Waals surface area contributed by atoms with Gasteiger partial charge in [0.05, 0.1) is 0 Å². The topological polar surface area (TPSA) is 17.1 Å². The highest BCUT2D eigenvalue weighted by Crippen LogP contribution is 2.42. The Bertz CT molecular complexity index is 809. The maximum Gasteiger partial charge on any atom is 0.166 e. The Morgan fingerprint density at radius 2 is 1.19 bits per heavy atom. The molecule has 0 fully saturated rings. The van der Waals surface area contributed by atoms with Crippen LogP contribution in [0.3, 0.4) is 0 Å². The minimum absolute atomic E-state index is 0.130. The number of fused-ring (bicyclic) bond motifs is 3. The van der Waals surface area contributed by atoms with E-state index in [1.165, 1.54) is 49.7 Å². The highest BCUT2D eigenvalue weighted by molar-refractivity contribution is 6.15. The molecule has 1 heteroatoms. The number of hydrogen-bond acceptors (Lipinski definition) is 1. The fourth-order valence-corrected chi connectivity index (χ4v) is 4.02. The molecule has 21 heavy (non-hydrogen) atoms. The number of hydrogen-bond donors (Lipinski definition) is 0. The molecule has 1 unspecified atom stereocenters. The molecule has 0 bridgehead atoms. The number of benzene rings is 2. The number of carbonyl (C=O) groups is 1. The predicted molar refractivity (Wildman–Crippen MR) is 89.6 cm³/mol. The minimum atomic E-state index is 0.130. The molecule has 2 aromatic rings. The number of ketones is 1. The van der Waals surface area contributed by atoms with Crippen molar-refractivity contribution in [2.75, 3.05) is 0 Å². The molecule has 1 nitrogen and oxygen atoms in total. The molecule has 3 rings (SSSR count). The van der Waals surface area contributed by atoms with E-state index in [1.807, 2.05) is 0 Å². The number of rotatable bonds is 0. The van der Waals surface area contributed by atoms with Gasteiger partial charge in [-0.25, -0.2) is 0 Å². The van der Waals surface area contributed by atoms with Crippen LogP contribution in [0.15, 0.2) is 0 Å². The number of aryl methyl sites for hydroxylation is 3. The number of carbonyl (C=O) groups excluding carboxylic acids is 1. The lowest BCUT2D eigenvalue weighted by Crippen LogP contribution is -2.06. The molecule has 0 heterocycles. The van der Waals surface area contributed by atoms with E-state index >= 15 is 0 Å². The summed E-state index contributed by atoms with van der Waals surface area (Å²) in [5, 5.41) is 2.54. The standard InChI is InChI=1S/C20H24O/c1-9-8-16-12(4)15(7)17-13(5)10(2)11(3)14(6)18(17)19(16)20(9)21/h9H,8H2,1-7H3. The highest BCUT2D eigenvalue weighted by atomic mass is 16.1. The molecule has 0 spiro atoms. The highest BCUT2D eigenvalue weighted by Gasteiger charge is 2.32. The van der Waals surface area contributed by atoms with Gasteiger partial charge in [-0.15, -0.1) is 0 Å². The third-order valence-corrected chi connectivity index (χ3v) is 5.83. The summed E-state index contributed by atoms with van der Waals surface area (Å²) < 4.78 is 0. The normalized spacial score (nSPS) is 17.7. The first-order valence-electron chi connectivity index (χ1n) is 7.83. The molecule has 1 aliphatic carbocycles. The van der Waals surface area contributed by atoms with Gasteiger partial charge in [0.25, 0.3) is 0 Å². The van der Waals surface area contributed by atoms with Gasteiger partial charge in [0.15, 0.2) is 5.78 Å². The van der Waals surface area contributed by atoms with Crippen molar-refractivity contribution in [1.82, 2.24) is 0 Å². The SMILES string of the molecule is Cc1c(C)c(C)c2c3c(c(C)c(C)c2c1C)CC(C)C3=O. The largest absolute Gasteiger partial charge is 0.294 e. The fourth-order valence-electron chi connectivity index (χ4n) is 4.02. The minimum Gasteiger partial charge on any atom is -0.294 e. The van der Waals surface area contributed by atoms with Gasteiger partial charge in [-0.1, -0.05) is 6.92 Å². The van der Waals surface area contributed by atoms with Gasteiger partial charge < -0.3 is 0 Å². The smallest absolute Gasteiger partial charge is 0.166 e. The van der Waals surface area contributed by atoms with Crippen molar-refractivity contribution in [3.05, 3.63) is 44.5 Å². The van der Waals surface area contributed by atoms with E-state index in [0.717, 1.165) is 12.0 Å². The first-order valence-corrected chi connectivity index (χ1v) is 7.83. The van der Waals surface area contributed by atoms with Crippen molar-refractivity contribution in [2.24, 2.45) is 5.92 Å². The van der Waals surface area contributed by atoms with Gasteiger partial charge in [0, 0.05) is 11.5 Å². The van der Waals surface area contributed by atoms with Crippen LogP contribution in [0, 0.1) is 47.5 Å². The van der Waals surface area contributed by atoms with Gasteiger partial charge in [0.1, 0.15) is 0 Å². The molecule has 1 aliphatic rings. The van der Waals surface area contributed by atoms with Gasteiger partial charge in [-0.3, -0.25) is 4.79 Å². The lowest BCUT2D eigenvalue weighted by atomic mass is 9.83. The van der Waals surface area contributed by atoms with E-state index in [4.69, 9.17) is 0 Å².